The van der Waals surface area contributed by atoms with E-state index >= 15 is 0 Å². The van der Waals surface area contributed by atoms with Crippen LogP contribution in [0.15, 0.2) is 6.58 Å². The highest BCUT2D eigenvalue weighted by Crippen LogP contribution is 2.26. The van der Waals surface area contributed by atoms with E-state index in [1.807, 2.05) is 17.4 Å². The van der Waals surface area contributed by atoms with Crippen LogP contribution in [0.5, 0.6) is 0 Å². The van der Waals surface area contributed by atoms with Crippen molar-refractivity contribution in [3.8, 4) is 0 Å². The summed E-state index contributed by atoms with van der Waals surface area (Å²) in [5.74, 6) is 0. The summed E-state index contributed by atoms with van der Waals surface area (Å²) in [6.45, 7) is 10.2. The summed E-state index contributed by atoms with van der Waals surface area (Å²) in [6, 6.07) is 0. The molecule has 1 heterocycles. The van der Waals surface area contributed by atoms with Gasteiger partial charge in [0.25, 0.3) is 0 Å². The zero-order valence-electron chi connectivity index (χ0n) is 6.69. The van der Waals surface area contributed by atoms with Gasteiger partial charge in [0, 0.05) is 9.75 Å². The van der Waals surface area contributed by atoms with Gasteiger partial charge in [-0.2, -0.15) is 0 Å². The number of rotatable bonds is 1. The molecule has 0 unspecified atom stereocenters. The smallest absolute Gasteiger partial charge is 0.00919 e. The summed E-state index contributed by atoms with van der Waals surface area (Å²) >= 11 is 1.85. The Morgan fingerprint density at radius 3 is 2.00 bits per heavy atom. The molecule has 0 nitrogen and oxygen atoms in total. The molecule has 0 amide bonds. The Morgan fingerprint density at radius 1 is 1.20 bits per heavy atom. The maximum Gasteiger partial charge on any atom is 0.00919 e. The second-order valence-electron chi connectivity index (χ2n) is 2.46. The Bertz CT molecular complexity index is 256. The number of hydrogen-bond acceptors (Lipinski definition) is 1. The van der Waals surface area contributed by atoms with Crippen molar-refractivity contribution in [1.29, 1.82) is 0 Å². The highest BCUT2D eigenvalue weighted by atomic mass is 32.1. The van der Waals surface area contributed by atoms with E-state index in [4.69, 9.17) is 0 Å². The van der Waals surface area contributed by atoms with Crippen LogP contribution in [0.3, 0.4) is 0 Å². The summed E-state index contributed by atoms with van der Waals surface area (Å²) in [5, 5.41) is 0. The lowest BCUT2D eigenvalue weighted by Crippen LogP contribution is -1.74. The first-order valence-corrected chi connectivity index (χ1v) is 4.17. The summed E-state index contributed by atoms with van der Waals surface area (Å²) < 4.78 is 0. The van der Waals surface area contributed by atoms with Gasteiger partial charge in [-0.1, -0.05) is 12.7 Å². The van der Waals surface area contributed by atoms with Crippen LogP contribution in [-0.2, 0) is 0 Å². The van der Waals surface area contributed by atoms with Crippen molar-refractivity contribution in [2.75, 3.05) is 0 Å². The van der Waals surface area contributed by atoms with Gasteiger partial charge in [-0.25, -0.2) is 0 Å². The standard InChI is InChI=1S/C9H12S/c1-5-9-6(2)7(3)10-8(9)4/h5H,1H2,2-4H3. The highest BCUT2D eigenvalue weighted by molar-refractivity contribution is 7.12. The maximum atomic E-state index is 3.77. The lowest BCUT2D eigenvalue weighted by atomic mass is 10.1. The van der Waals surface area contributed by atoms with E-state index in [1.165, 1.54) is 20.9 Å². The topological polar surface area (TPSA) is 0 Å². The average Bonchev–Trinajstić information content (AvgIpc) is 2.09. The molecule has 1 aromatic heterocycles. The second-order valence-corrected chi connectivity index (χ2v) is 3.89. The minimum absolute atomic E-state index is 1.32. The Morgan fingerprint density at radius 2 is 1.80 bits per heavy atom. The summed E-state index contributed by atoms with van der Waals surface area (Å²) in [6.07, 6.45) is 1.94. The summed E-state index contributed by atoms with van der Waals surface area (Å²) in [4.78, 5) is 2.79. The monoisotopic (exact) mass is 152 g/mol. The van der Waals surface area contributed by atoms with Crippen molar-refractivity contribution in [2.24, 2.45) is 0 Å². The molecule has 0 atom stereocenters. The van der Waals surface area contributed by atoms with Crippen molar-refractivity contribution >= 4 is 17.4 Å². The fraction of sp³-hybridized carbons (Fsp3) is 0.333. The van der Waals surface area contributed by atoms with E-state index < -0.39 is 0 Å². The first-order valence-electron chi connectivity index (χ1n) is 3.36. The molecule has 54 valence electrons. The SMILES string of the molecule is C=Cc1c(C)sc(C)c1C. The Hall–Kier alpha value is -0.560. The van der Waals surface area contributed by atoms with Crippen molar-refractivity contribution in [1.82, 2.24) is 0 Å². The normalized spacial score (nSPS) is 9.90. The molecule has 0 saturated heterocycles. The van der Waals surface area contributed by atoms with E-state index in [0.717, 1.165) is 0 Å². The Balaban J connectivity index is 3.33. The van der Waals surface area contributed by atoms with Crippen LogP contribution in [0.2, 0.25) is 0 Å². The van der Waals surface area contributed by atoms with Gasteiger partial charge in [0.1, 0.15) is 0 Å². The van der Waals surface area contributed by atoms with Gasteiger partial charge in [-0.05, 0) is 31.9 Å². The van der Waals surface area contributed by atoms with Crippen molar-refractivity contribution < 1.29 is 0 Å². The van der Waals surface area contributed by atoms with Crippen LogP contribution < -0.4 is 0 Å². The lowest BCUT2D eigenvalue weighted by Gasteiger charge is -1.91. The average molecular weight is 152 g/mol. The molecule has 1 aromatic rings. The number of thiophene rings is 1. The third kappa shape index (κ3) is 1.01. The third-order valence-corrected chi connectivity index (χ3v) is 2.96. The lowest BCUT2D eigenvalue weighted by molar-refractivity contribution is 1.41. The molecule has 0 saturated carbocycles. The molecule has 0 N–H and O–H groups in total. The quantitative estimate of drug-likeness (QED) is 0.579. The van der Waals surface area contributed by atoms with Gasteiger partial charge in [-0.15, -0.1) is 11.3 Å². The minimum atomic E-state index is 1.32. The van der Waals surface area contributed by atoms with Gasteiger partial charge >= 0.3 is 0 Å². The van der Waals surface area contributed by atoms with Gasteiger partial charge in [0.15, 0.2) is 0 Å². The van der Waals surface area contributed by atoms with E-state index in [1.54, 1.807) is 0 Å². The molecule has 0 spiro atoms. The molecule has 0 bridgehead atoms. The van der Waals surface area contributed by atoms with Gasteiger partial charge in [-0.3, -0.25) is 0 Å². The fourth-order valence-corrected chi connectivity index (χ4v) is 2.18. The van der Waals surface area contributed by atoms with Gasteiger partial charge in [0.05, 0.1) is 0 Å². The largest absolute Gasteiger partial charge is 0.145 e. The molecular formula is C9H12S. The molecule has 0 aliphatic rings. The third-order valence-electron chi connectivity index (χ3n) is 1.82. The molecule has 1 rings (SSSR count). The van der Waals surface area contributed by atoms with Crippen LogP contribution in [0.1, 0.15) is 20.9 Å². The molecule has 1 heteroatoms. The van der Waals surface area contributed by atoms with E-state index in [0.29, 0.717) is 0 Å². The van der Waals surface area contributed by atoms with Crippen molar-refractivity contribution in [3.05, 3.63) is 27.5 Å². The van der Waals surface area contributed by atoms with E-state index in [-0.39, 0.29) is 0 Å². The Labute approximate surface area is 66.2 Å². The summed E-state index contributed by atoms with van der Waals surface area (Å²) in [7, 11) is 0. The van der Waals surface area contributed by atoms with Crippen LogP contribution >= 0.6 is 11.3 Å². The summed E-state index contributed by atoms with van der Waals surface area (Å²) in [5.41, 5.74) is 2.71. The zero-order valence-corrected chi connectivity index (χ0v) is 7.51. The number of hydrogen-bond donors (Lipinski definition) is 0. The van der Waals surface area contributed by atoms with Gasteiger partial charge < -0.3 is 0 Å². The van der Waals surface area contributed by atoms with E-state index in [2.05, 4.69) is 27.4 Å². The fourth-order valence-electron chi connectivity index (χ4n) is 1.11. The molecule has 0 fully saturated rings. The van der Waals surface area contributed by atoms with Crippen molar-refractivity contribution in [2.45, 2.75) is 20.8 Å². The molecule has 0 radical (unpaired) electrons. The molecule has 0 aliphatic carbocycles. The predicted octanol–water partition coefficient (Wildman–Crippen LogP) is 3.32. The maximum absolute atomic E-state index is 3.77. The Kier molecular flexibility index (Phi) is 1.95. The molecular weight excluding hydrogens is 140 g/mol. The van der Waals surface area contributed by atoms with Crippen molar-refractivity contribution in [3.63, 3.8) is 0 Å². The molecule has 0 aromatic carbocycles. The number of aryl methyl sites for hydroxylation is 2. The predicted molar refractivity (Wildman–Crippen MR) is 48.6 cm³/mol. The van der Waals surface area contributed by atoms with Crippen LogP contribution in [-0.4, -0.2) is 0 Å². The first kappa shape index (κ1) is 7.55. The second kappa shape index (κ2) is 2.59. The molecule has 0 aliphatic heterocycles. The zero-order chi connectivity index (χ0) is 7.72. The highest BCUT2D eigenvalue weighted by Gasteiger charge is 2.04. The minimum Gasteiger partial charge on any atom is -0.145 e. The first-order chi connectivity index (χ1) is 4.66. The van der Waals surface area contributed by atoms with Crippen LogP contribution in [0.4, 0.5) is 0 Å². The van der Waals surface area contributed by atoms with Gasteiger partial charge in [0.2, 0.25) is 0 Å². The van der Waals surface area contributed by atoms with E-state index in [9.17, 15) is 0 Å². The van der Waals surface area contributed by atoms with Crippen LogP contribution in [0.25, 0.3) is 6.08 Å². The van der Waals surface area contributed by atoms with Crippen LogP contribution in [0, 0.1) is 20.8 Å². The molecule has 10 heavy (non-hydrogen) atoms.